The van der Waals surface area contributed by atoms with Gasteiger partial charge in [-0.25, -0.2) is 0 Å². The van der Waals surface area contributed by atoms with Crippen molar-refractivity contribution in [1.82, 2.24) is 0 Å². The van der Waals surface area contributed by atoms with Crippen LogP contribution >= 0.6 is 15.9 Å². The molecule has 0 aliphatic carbocycles. The van der Waals surface area contributed by atoms with Crippen LogP contribution in [0.4, 0.5) is 5.69 Å². The number of nitrogens with zero attached hydrogens (tertiary/aromatic N) is 3. The molecule has 1 atom stereocenters. The Bertz CT molecular complexity index is 456. The standard InChI is InChI=1S/C12H12BrN3/c1-9(5-6-14)16(2)12-7-11(13)4-3-10(12)8-15/h3-4,7,9H,5H2,1-2H3. The monoisotopic (exact) mass is 277 g/mol. The summed E-state index contributed by atoms with van der Waals surface area (Å²) in [6.07, 6.45) is 0.438. The molecule has 0 radical (unpaired) electrons. The quantitative estimate of drug-likeness (QED) is 0.853. The molecule has 16 heavy (non-hydrogen) atoms. The Balaban J connectivity index is 3.08. The fraction of sp³-hybridized carbons (Fsp3) is 0.333. The van der Waals surface area contributed by atoms with Crippen molar-refractivity contribution in [2.75, 3.05) is 11.9 Å². The molecule has 1 rings (SSSR count). The van der Waals surface area contributed by atoms with Crippen LogP contribution in [0.3, 0.4) is 0 Å². The first-order chi connectivity index (χ1) is 7.60. The highest BCUT2D eigenvalue weighted by atomic mass is 79.9. The van der Waals surface area contributed by atoms with E-state index in [0.29, 0.717) is 12.0 Å². The smallest absolute Gasteiger partial charge is 0.101 e. The molecule has 1 unspecified atom stereocenters. The molecule has 0 aliphatic rings. The molecule has 0 aromatic heterocycles. The third kappa shape index (κ3) is 2.74. The Morgan fingerprint density at radius 1 is 1.44 bits per heavy atom. The van der Waals surface area contributed by atoms with Gasteiger partial charge in [0.25, 0.3) is 0 Å². The van der Waals surface area contributed by atoms with E-state index >= 15 is 0 Å². The average molecular weight is 278 g/mol. The third-order valence-electron chi connectivity index (χ3n) is 2.51. The summed E-state index contributed by atoms with van der Waals surface area (Å²) in [4.78, 5) is 1.95. The predicted molar refractivity (Wildman–Crippen MR) is 67.0 cm³/mol. The van der Waals surface area contributed by atoms with Crippen molar-refractivity contribution in [3.63, 3.8) is 0 Å². The Hall–Kier alpha value is -1.52. The fourth-order valence-electron chi connectivity index (χ4n) is 1.40. The van der Waals surface area contributed by atoms with Crippen molar-refractivity contribution < 1.29 is 0 Å². The fourth-order valence-corrected chi connectivity index (χ4v) is 1.75. The highest BCUT2D eigenvalue weighted by Gasteiger charge is 2.13. The molecule has 0 bridgehead atoms. The van der Waals surface area contributed by atoms with Crippen LogP contribution in [0, 0.1) is 22.7 Å². The number of rotatable bonds is 3. The van der Waals surface area contributed by atoms with E-state index in [1.165, 1.54) is 0 Å². The summed E-state index contributed by atoms with van der Waals surface area (Å²) in [5.74, 6) is 0. The van der Waals surface area contributed by atoms with Crippen molar-refractivity contribution in [2.45, 2.75) is 19.4 Å². The van der Waals surface area contributed by atoms with Crippen molar-refractivity contribution >= 4 is 21.6 Å². The van der Waals surface area contributed by atoms with Crippen molar-refractivity contribution in [3.8, 4) is 12.1 Å². The average Bonchev–Trinajstić information content (AvgIpc) is 2.28. The Morgan fingerprint density at radius 2 is 2.12 bits per heavy atom. The highest BCUT2D eigenvalue weighted by molar-refractivity contribution is 9.10. The largest absolute Gasteiger partial charge is 0.370 e. The summed E-state index contributed by atoms with van der Waals surface area (Å²) < 4.78 is 0.928. The van der Waals surface area contributed by atoms with E-state index in [1.54, 1.807) is 6.07 Å². The number of halogens is 1. The minimum atomic E-state index is 0.0893. The minimum absolute atomic E-state index is 0.0893. The summed E-state index contributed by atoms with van der Waals surface area (Å²) in [7, 11) is 1.89. The maximum atomic E-state index is 9.01. The lowest BCUT2D eigenvalue weighted by atomic mass is 10.1. The lowest BCUT2D eigenvalue weighted by Gasteiger charge is -2.26. The normalized spacial score (nSPS) is 11.3. The summed E-state index contributed by atoms with van der Waals surface area (Å²) in [6, 6.07) is 9.88. The van der Waals surface area contributed by atoms with Gasteiger partial charge in [0.2, 0.25) is 0 Å². The van der Waals surface area contributed by atoms with Crippen LogP contribution in [0.1, 0.15) is 18.9 Å². The molecule has 1 aromatic carbocycles. The van der Waals surface area contributed by atoms with Gasteiger partial charge >= 0.3 is 0 Å². The van der Waals surface area contributed by atoms with Crippen molar-refractivity contribution in [3.05, 3.63) is 28.2 Å². The number of benzene rings is 1. The van der Waals surface area contributed by atoms with Gasteiger partial charge in [0, 0.05) is 17.6 Å². The van der Waals surface area contributed by atoms with Crippen LogP contribution in [-0.4, -0.2) is 13.1 Å². The minimum Gasteiger partial charge on any atom is -0.370 e. The van der Waals surface area contributed by atoms with Crippen LogP contribution in [-0.2, 0) is 0 Å². The third-order valence-corrected chi connectivity index (χ3v) is 3.00. The molecule has 0 N–H and O–H groups in total. The first-order valence-electron chi connectivity index (χ1n) is 4.89. The molecular weight excluding hydrogens is 266 g/mol. The van der Waals surface area contributed by atoms with Gasteiger partial charge in [-0.05, 0) is 25.1 Å². The molecule has 0 amide bonds. The SMILES string of the molecule is CC(CC#N)N(C)c1cc(Br)ccc1C#N. The van der Waals surface area contributed by atoms with Gasteiger partial charge in [0.1, 0.15) is 6.07 Å². The van der Waals surface area contributed by atoms with Crippen LogP contribution in [0.5, 0.6) is 0 Å². The number of anilines is 1. The molecule has 3 nitrogen and oxygen atoms in total. The molecule has 1 aromatic rings. The number of hydrogen-bond donors (Lipinski definition) is 0. The maximum absolute atomic E-state index is 9.01. The topological polar surface area (TPSA) is 50.8 Å². The van der Waals surface area contributed by atoms with E-state index in [-0.39, 0.29) is 6.04 Å². The van der Waals surface area contributed by atoms with E-state index in [9.17, 15) is 0 Å². The second-order valence-electron chi connectivity index (χ2n) is 3.60. The lowest BCUT2D eigenvalue weighted by molar-refractivity contribution is 0.702. The van der Waals surface area contributed by atoms with Crippen LogP contribution < -0.4 is 4.90 Å². The van der Waals surface area contributed by atoms with Crippen LogP contribution in [0.15, 0.2) is 22.7 Å². The summed E-state index contributed by atoms with van der Waals surface area (Å²) in [5.41, 5.74) is 1.47. The molecule has 0 fully saturated rings. The van der Waals surface area contributed by atoms with Gasteiger partial charge in [0.05, 0.1) is 23.7 Å². The van der Waals surface area contributed by atoms with E-state index in [0.717, 1.165) is 10.2 Å². The Labute approximate surface area is 104 Å². The number of hydrogen-bond acceptors (Lipinski definition) is 3. The highest BCUT2D eigenvalue weighted by Crippen LogP contribution is 2.25. The Morgan fingerprint density at radius 3 is 2.69 bits per heavy atom. The predicted octanol–water partition coefficient (Wildman–Crippen LogP) is 3.06. The molecule has 0 heterocycles. The van der Waals surface area contributed by atoms with E-state index < -0.39 is 0 Å². The van der Waals surface area contributed by atoms with Crippen LogP contribution in [0.25, 0.3) is 0 Å². The van der Waals surface area contributed by atoms with Crippen molar-refractivity contribution in [1.29, 1.82) is 10.5 Å². The first-order valence-corrected chi connectivity index (χ1v) is 5.69. The summed E-state index contributed by atoms with van der Waals surface area (Å²) in [6.45, 7) is 1.96. The van der Waals surface area contributed by atoms with E-state index in [2.05, 4.69) is 28.1 Å². The second-order valence-corrected chi connectivity index (χ2v) is 4.51. The lowest BCUT2D eigenvalue weighted by Crippen LogP contribution is -2.29. The zero-order valence-corrected chi connectivity index (χ0v) is 10.8. The van der Waals surface area contributed by atoms with Gasteiger partial charge in [0.15, 0.2) is 0 Å². The van der Waals surface area contributed by atoms with Crippen LogP contribution in [0.2, 0.25) is 0 Å². The molecule has 0 saturated heterocycles. The molecule has 4 heteroatoms. The van der Waals surface area contributed by atoms with Gasteiger partial charge in [-0.15, -0.1) is 0 Å². The maximum Gasteiger partial charge on any atom is 0.101 e. The molecule has 0 saturated carbocycles. The van der Waals surface area contributed by atoms with Gasteiger partial charge in [-0.1, -0.05) is 15.9 Å². The van der Waals surface area contributed by atoms with Gasteiger partial charge < -0.3 is 4.90 Å². The summed E-state index contributed by atoms with van der Waals surface area (Å²) in [5, 5.41) is 17.7. The summed E-state index contributed by atoms with van der Waals surface area (Å²) >= 11 is 3.38. The zero-order chi connectivity index (χ0) is 12.1. The van der Waals surface area contributed by atoms with E-state index in [4.69, 9.17) is 10.5 Å². The van der Waals surface area contributed by atoms with Crippen molar-refractivity contribution in [2.24, 2.45) is 0 Å². The first kappa shape index (κ1) is 12.5. The Kier molecular flexibility index (Phi) is 4.34. The van der Waals surface area contributed by atoms with Gasteiger partial charge in [-0.3, -0.25) is 0 Å². The molecular formula is C12H12BrN3. The molecule has 82 valence electrons. The van der Waals surface area contributed by atoms with E-state index in [1.807, 2.05) is 31.0 Å². The molecule has 0 aliphatic heterocycles. The van der Waals surface area contributed by atoms with Gasteiger partial charge in [-0.2, -0.15) is 10.5 Å². The second kappa shape index (κ2) is 5.53. The molecule has 0 spiro atoms. The number of nitriles is 2. The zero-order valence-electron chi connectivity index (χ0n) is 9.24.